The van der Waals surface area contributed by atoms with Gasteiger partial charge in [-0.2, -0.15) is 0 Å². The zero-order valence-electron chi connectivity index (χ0n) is 15.5. The number of aromatic nitrogens is 1. The van der Waals surface area contributed by atoms with Crippen molar-refractivity contribution in [2.75, 3.05) is 5.32 Å². The maximum Gasteiger partial charge on any atom is 0.221 e. The molecule has 1 heterocycles. The van der Waals surface area contributed by atoms with Gasteiger partial charge >= 0.3 is 0 Å². The molecule has 0 amide bonds. The zero-order chi connectivity index (χ0) is 20.1. The standard InChI is InChI=1S/C24H18F2N2O/c25-18-11-12-21(23(26)13-18)22-14-20(28-19-9-5-2-6-10-19)15-27-24(22)29-16-17-7-3-1-4-8-17/h1-15,28H,16H2. The van der Waals surface area contributed by atoms with E-state index in [-0.39, 0.29) is 18.1 Å². The van der Waals surface area contributed by atoms with Crippen LogP contribution >= 0.6 is 0 Å². The first-order chi connectivity index (χ1) is 14.2. The molecule has 0 bridgehead atoms. The van der Waals surface area contributed by atoms with Crippen LogP contribution in [0.3, 0.4) is 0 Å². The van der Waals surface area contributed by atoms with Crippen LogP contribution in [0, 0.1) is 11.6 Å². The van der Waals surface area contributed by atoms with Crippen molar-refractivity contribution in [2.24, 2.45) is 0 Å². The molecule has 3 nitrogen and oxygen atoms in total. The van der Waals surface area contributed by atoms with E-state index in [1.165, 1.54) is 12.1 Å². The van der Waals surface area contributed by atoms with E-state index in [2.05, 4.69) is 10.3 Å². The van der Waals surface area contributed by atoms with Crippen LogP contribution in [0.5, 0.6) is 5.88 Å². The van der Waals surface area contributed by atoms with Gasteiger partial charge in [0, 0.05) is 22.9 Å². The van der Waals surface area contributed by atoms with Crippen LogP contribution in [-0.2, 0) is 6.61 Å². The first kappa shape index (κ1) is 18.6. The minimum absolute atomic E-state index is 0.221. The lowest BCUT2D eigenvalue weighted by Gasteiger charge is -2.14. The molecule has 0 saturated heterocycles. The molecule has 3 aromatic carbocycles. The highest BCUT2D eigenvalue weighted by Gasteiger charge is 2.15. The van der Waals surface area contributed by atoms with E-state index in [1.807, 2.05) is 60.7 Å². The van der Waals surface area contributed by atoms with E-state index in [9.17, 15) is 8.78 Å². The second kappa shape index (κ2) is 8.52. The molecule has 4 aromatic rings. The third kappa shape index (κ3) is 4.58. The smallest absolute Gasteiger partial charge is 0.221 e. The molecule has 144 valence electrons. The summed E-state index contributed by atoms with van der Waals surface area (Å²) in [6, 6.07) is 24.4. The fourth-order valence-corrected chi connectivity index (χ4v) is 2.95. The molecule has 0 spiro atoms. The topological polar surface area (TPSA) is 34.2 Å². The minimum Gasteiger partial charge on any atom is -0.472 e. The second-order valence-electron chi connectivity index (χ2n) is 6.47. The van der Waals surface area contributed by atoms with Gasteiger partial charge in [0.15, 0.2) is 0 Å². The van der Waals surface area contributed by atoms with Crippen molar-refractivity contribution in [2.45, 2.75) is 6.61 Å². The predicted molar refractivity (Wildman–Crippen MR) is 110 cm³/mol. The van der Waals surface area contributed by atoms with Crippen LogP contribution in [0.25, 0.3) is 11.1 Å². The van der Waals surface area contributed by atoms with Gasteiger partial charge in [-0.15, -0.1) is 0 Å². The van der Waals surface area contributed by atoms with Gasteiger partial charge in [0.1, 0.15) is 18.2 Å². The Kier molecular flexibility index (Phi) is 5.47. The van der Waals surface area contributed by atoms with Gasteiger partial charge in [-0.1, -0.05) is 48.5 Å². The predicted octanol–water partition coefficient (Wildman–Crippen LogP) is 6.35. The Bertz CT molecular complexity index is 1100. The highest BCUT2D eigenvalue weighted by atomic mass is 19.1. The molecule has 0 aliphatic rings. The molecule has 1 N–H and O–H groups in total. The fourth-order valence-electron chi connectivity index (χ4n) is 2.95. The van der Waals surface area contributed by atoms with Crippen molar-refractivity contribution in [3.63, 3.8) is 0 Å². The van der Waals surface area contributed by atoms with Crippen LogP contribution in [0.2, 0.25) is 0 Å². The summed E-state index contributed by atoms with van der Waals surface area (Å²) in [5.74, 6) is -1.03. The summed E-state index contributed by atoms with van der Waals surface area (Å²) in [4.78, 5) is 4.38. The summed E-state index contributed by atoms with van der Waals surface area (Å²) in [6.07, 6.45) is 1.62. The van der Waals surface area contributed by atoms with Gasteiger partial charge in [-0.25, -0.2) is 13.8 Å². The number of anilines is 2. The highest BCUT2D eigenvalue weighted by molar-refractivity contribution is 5.74. The summed E-state index contributed by atoms with van der Waals surface area (Å²) in [5.41, 5.74) is 3.17. The Balaban J connectivity index is 1.69. The lowest BCUT2D eigenvalue weighted by Crippen LogP contribution is -2.01. The lowest BCUT2D eigenvalue weighted by molar-refractivity contribution is 0.295. The van der Waals surface area contributed by atoms with Crippen molar-refractivity contribution in [3.8, 4) is 17.0 Å². The van der Waals surface area contributed by atoms with E-state index < -0.39 is 11.6 Å². The Labute approximate surface area is 167 Å². The van der Waals surface area contributed by atoms with Gasteiger partial charge < -0.3 is 10.1 Å². The molecule has 29 heavy (non-hydrogen) atoms. The Hall–Kier alpha value is -3.73. The monoisotopic (exact) mass is 388 g/mol. The molecule has 0 atom stereocenters. The van der Waals surface area contributed by atoms with Crippen molar-refractivity contribution < 1.29 is 13.5 Å². The number of benzene rings is 3. The van der Waals surface area contributed by atoms with E-state index in [1.54, 1.807) is 12.3 Å². The molecular weight excluding hydrogens is 370 g/mol. The van der Waals surface area contributed by atoms with Crippen molar-refractivity contribution >= 4 is 11.4 Å². The fraction of sp³-hybridized carbons (Fsp3) is 0.0417. The molecule has 1 aromatic heterocycles. The van der Waals surface area contributed by atoms with Crippen molar-refractivity contribution in [3.05, 3.63) is 108 Å². The largest absolute Gasteiger partial charge is 0.472 e. The zero-order valence-corrected chi connectivity index (χ0v) is 15.5. The van der Waals surface area contributed by atoms with Gasteiger partial charge in [0.2, 0.25) is 5.88 Å². The molecule has 0 aliphatic heterocycles. The van der Waals surface area contributed by atoms with Crippen LogP contribution in [0.1, 0.15) is 5.56 Å². The molecule has 5 heteroatoms. The number of nitrogens with zero attached hydrogens (tertiary/aromatic N) is 1. The minimum atomic E-state index is -0.673. The van der Waals surface area contributed by atoms with Gasteiger partial charge in [0.25, 0.3) is 0 Å². The van der Waals surface area contributed by atoms with Crippen molar-refractivity contribution in [1.82, 2.24) is 4.98 Å². The number of nitrogens with one attached hydrogen (secondary N) is 1. The van der Waals surface area contributed by atoms with Crippen LogP contribution < -0.4 is 10.1 Å². The van der Waals surface area contributed by atoms with Crippen molar-refractivity contribution in [1.29, 1.82) is 0 Å². The molecule has 0 radical (unpaired) electrons. The number of halogens is 2. The van der Waals surface area contributed by atoms with E-state index >= 15 is 0 Å². The first-order valence-corrected chi connectivity index (χ1v) is 9.13. The Morgan fingerprint density at radius 1 is 0.759 bits per heavy atom. The molecule has 0 unspecified atom stereocenters. The summed E-state index contributed by atoms with van der Waals surface area (Å²) in [7, 11) is 0. The Morgan fingerprint density at radius 2 is 1.48 bits per heavy atom. The first-order valence-electron chi connectivity index (χ1n) is 9.13. The van der Waals surface area contributed by atoms with Gasteiger partial charge in [-0.3, -0.25) is 0 Å². The maximum absolute atomic E-state index is 14.5. The van der Waals surface area contributed by atoms with E-state index in [4.69, 9.17) is 4.74 Å². The number of hydrogen-bond donors (Lipinski definition) is 1. The summed E-state index contributed by atoms with van der Waals surface area (Å²) in [5, 5.41) is 3.23. The van der Waals surface area contributed by atoms with Gasteiger partial charge in [-0.05, 0) is 35.9 Å². The summed E-state index contributed by atoms with van der Waals surface area (Å²) >= 11 is 0. The highest BCUT2D eigenvalue weighted by Crippen LogP contribution is 2.34. The number of para-hydroxylation sites is 1. The normalized spacial score (nSPS) is 10.6. The SMILES string of the molecule is Fc1ccc(-c2cc(Nc3ccccc3)cnc2OCc2ccccc2)c(F)c1. The van der Waals surface area contributed by atoms with E-state index in [0.29, 0.717) is 11.3 Å². The number of pyridine rings is 1. The third-order valence-corrected chi connectivity index (χ3v) is 4.35. The van der Waals surface area contributed by atoms with Crippen LogP contribution in [-0.4, -0.2) is 4.98 Å². The van der Waals surface area contributed by atoms with Crippen LogP contribution in [0.15, 0.2) is 91.1 Å². The van der Waals surface area contributed by atoms with Crippen LogP contribution in [0.4, 0.5) is 20.2 Å². The molecule has 4 rings (SSSR count). The number of hydrogen-bond acceptors (Lipinski definition) is 3. The average molecular weight is 388 g/mol. The molecule has 0 aliphatic carbocycles. The number of rotatable bonds is 6. The maximum atomic E-state index is 14.5. The summed E-state index contributed by atoms with van der Waals surface area (Å²) < 4.78 is 33.8. The average Bonchev–Trinajstić information content (AvgIpc) is 2.74. The Morgan fingerprint density at radius 3 is 2.21 bits per heavy atom. The summed E-state index contributed by atoms with van der Waals surface area (Å²) in [6.45, 7) is 0.287. The molecular formula is C24H18F2N2O. The quantitative estimate of drug-likeness (QED) is 0.418. The number of ether oxygens (including phenoxy) is 1. The molecule has 0 fully saturated rings. The van der Waals surface area contributed by atoms with Gasteiger partial charge in [0.05, 0.1) is 11.9 Å². The third-order valence-electron chi connectivity index (χ3n) is 4.35. The second-order valence-corrected chi connectivity index (χ2v) is 6.47. The van der Waals surface area contributed by atoms with E-state index in [0.717, 1.165) is 17.3 Å². The molecule has 0 saturated carbocycles. The lowest BCUT2D eigenvalue weighted by atomic mass is 10.1.